The summed E-state index contributed by atoms with van der Waals surface area (Å²) in [6.45, 7) is 1.60. The SMILES string of the molecule is C[C@@H]1O[C@H](Sc2ccc([N+](=O)[O-])cc2)[C@@H](O)[C@H](O)[C@@H]1O. The standard InChI is InChI=1S/C12H15NO6S/c1-6-9(14)10(15)11(16)12(19-6)20-8-4-2-7(3-5-8)13(17)18/h2-6,9-12,14-16H,1H3/t6-,9+,10+,11-,12+/m0/s1. The van der Waals surface area contributed by atoms with E-state index < -0.39 is 34.8 Å². The van der Waals surface area contributed by atoms with Crippen molar-refractivity contribution in [3.63, 3.8) is 0 Å². The van der Waals surface area contributed by atoms with Crippen LogP contribution in [0, 0.1) is 10.1 Å². The Morgan fingerprint density at radius 1 is 1.15 bits per heavy atom. The van der Waals surface area contributed by atoms with Crippen molar-refractivity contribution in [2.45, 2.75) is 41.7 Å². The lowest BCUT2D eigenvalue weighted by atomic mass is 10.0. The topological polar surface area (TPSA) is 113 Å². The third-order valence-electron chi connectivity index (χ3n) is 3.11. The maximum absolute atomic E-state index is 10.5. The highest BCUT2D eigenvalue weighted by atomic mass is 32.2. The summed E-state index contributed by atoms with van der Waals surface area (Å²) in [5, 5.41) is 39.7. The number of nitro benzene ring substituents is 1. The van der Waals surface area contributed by atoms with Gasteiger partial charge in [0.1, 0.15) is 23.7 Å². The molecule has 0 unspecified atom stereocenters. The molecule has 1 heterocycles. The van der Waals surface area contributed by atoms with Crippen LogP contribution in [0.3, 0.4) is 0 Å². The average Bonchev–Trinajstić information content (AvgIpc) is 2.43. The highest BCUT2D eigenvalue weighted by molar-refractivity contribution is 7.99. The van der Waals surface area contributed by atoms with Crippen LogP contribution in [0.4, 0.5) is 5.69 Å². The Morgan fingerprint density at radius 3 is 2.30 bits per heavy atom. The van der Waals surface area contributed by atoms with Gasteiger partial charge in [-0.2, -0.15) is 0 Å². The summed E-state index contributed by atoms with van der Waals surface area (Å²) < 4.78 is 5.43. The van der Waals surface area contributed by atoms with Gasteiger partial charge in [0, 0.05) is 17.0 Å². The quantitative estimate of drug-likeness (QED) is 0.551. The van der Waals surface area contributed by atoms with Gasteiger partial charge < -0.3 is 20.1 Å². The first-order chi connectivity index (χ1) is 9.40. The van der Waals surface area contributed by atoms with Gasteiger partial charge in [0.25, 0.3) is 5.69 Å². The van der Waals surface area contributed by atoms with Gasteiger partial charge in [-0.1, -0.05) is 11.8 Å². The highest BCUT2D eigenvalue weighted by Crippen LogP contribution is 2.33. The van der Waals surface area contributed by atoms with Crippen molar-refractivity contribution in [3.05, 3.63) is 34.4 Å². The second-order valence-electron chi connectivity index (χ2n) is 4.55. The van der Waals surface area contributed by atoms with Crippen LogP contribution < -0.4 is 0 Å². The molecule has 5 atom stereocenters. The molecule has 7 nitrogen and oxygen atoms in total. The van der Waals surface area contributed by atoms with E-state index in [1.807, 2.05) is 0 Å². The maximum atomic E-state index is 10.5. The van der Waals surface area contributed by atoms with Gasteiger partial charge in [-0.15, -0.1) is 0 Å². The van der Waals surface area contributed by atoms with Crippen LogP contribution >= 0.6 is 11.8 Å². The second kappa shape index (κ2) is 6.06. The van der Waals surface area contributed by atoms with E-state index in [9.17, 15) is 25.4 Å². The lowest BCUT2D eigenvalue weighted by molar-refractivity contribution is -0.384. The summed E-state index contributed by atoms with van der Waals surface area (Å²) in [5.74, 6) is 0. The summed E-state index contributed by atoms with van der Waals surface area (Å²) in [7, 11) is 0. The number of nitrogens with zero attached hydrogens (tertiary/aromatic N) is 1. The minimum absolute atomic E-state index is 0.0247. The Hall–Kier alpha value is -1.19. The number of non-ortho nitro benzene ring substituents is 1. The van der Waals surface area contributed by atoms with Gasteiger partial charge >= 0.3 is 0 Å². The molecule has 0 bridgehead atoms. The van der Waals surface area contributed by atoms with Crippen molar-refractivity contribution in [2.24, 2.45) is 0 Å². The van der Waals surface area contributed by atoms with Gasteiger partial charge in [0.2, 0.25) is 0 Å². The summed E-state index contributed by atoms with van der Waals surface area (Å²) in [6, 6.07) is 5.79. The number of benzene rings is 1. The van der Waals surface area contributed by atoms with Gasteiger partial charge in [-0.25, -0.2) is 0 Å². The molecule has 2 rings (SSSR count). The molecule has 8 heteroatoms. The van der Waals surface area contributed by atoms with E-state index in [4.69, 9.17) is 4.74 Å². The van der Waals surface area contributed by atoms with Crippen molar-refractivity contribution in [2.75, 3.05) is 0 Å². The molecule has 1 aliphatic heterocycles. The Morgan fingerprint density at radius 2 is 1.75 bits per heavy atom. The zero-order valence-corrected chi connectivity index (χ0v) is 11.4. The van der Waals surface area contributed by atoms with Gasteiger partial charge in [-0.05, 0) is 19.1 Å². The average molecular weight is 301 g/mol. The number of aliphatic hydroxyl groups excluding tert-OH is 3. The predicted octanol–water partition coefficient (Wildman–Crippen LogP) is 0.514. The molecule has 0 amide bonds. The third-order valence-corrected chi connectivity index (χ3v) is 4.27. The molecule has 0 radical (unpaired) electrons. The Balaban J connectivity index is 2.07. The van der Waals surface area contributed by atoms with Crippen LogP contribution in [0.25, 0.3) is 0 Å². The second-order valence-corrected chi connectivity index (χ2v) is 5.72. The van der Waals surface area contributed by atoms with E-state index in [-0.39, 0.29) is 5.69 Å². The van der Waals surface area contributed by atoms with Crippen molar-refractivity contribution >= 4 is 17.4 Å². The van der Waals surface area contributed by atoms with E-state index in [0.717, 1.165) is 11.8 Å². The summed E-state index contributed by atoms with van der Waals surface area (Å²) in [4.78, 5) is 10.7. The first kappa shape index (κ1) is 15.2. The summed E-state index contributed by atoms with van der Waals surface area (Å²) >= 11 is 1.14. The third kappa shape index (κ3) is 3.10. The normalized spacial score (nSPS) is 33.9. The predicted molar refractivity (Wildman–Crippen MR) is 71.3 cm³/mol. The molecule has 1 aliphatic rings. The maximum Gasteiger partial charge on any atom is 0.269 e. The Bertz CT molecular complexity index is 481. The minimum atomic E-state index is -1.28. The van der Waals surface area contributed by atoms with Crippen LogP contribution in [0.5, 0.6) is 0 Å². The largest absolute Gasteiger partial charge is 0.388 e. The van der Waals surface area contributed by atoms with E-state index in [1.165, 1.54) is 12.1 Å². The van der Waals surface area contributed by atoms with Crippen LogP contribution in [0.1, 0.15) is 6.92 Å². The fraction of sp³-hybridized carbons (Fsp3) is 0.500. The number of hydrogen-bond donors (Lipinski definition) is 3. The smallest absolute Gasteiger partial charge is 0.269 e. The fourth-order valence-corrected chi connectivity index (χ4v) is 2.98. The van der Waals surface area contributed by atoms with E-state index in [1.54, 1.807) is 19.1 Å². The lowest BCUT2D eigenvalue weighted by Crippen LogP contribution is -2.55. The molecule has 0 aromatic heterocycles. The molecule has 1 fully saturated rings. The number of ether oxygens (including phenoxy) is 1. The lowest BCUT2D eigenvalue weighted by Gasteiger charge is -2.38. The number of aliphatic hydroxyl groups is 3. The van der Waals surface area contributed by atoms with Gasteiger partial charge in [0.05, 0.1) is 11.0 Å². The van der Waals surface area contributed by atoms with Crippen LogP contribution in [-0.2, 0) is 4.74 Å². The molecular weight excluding hydrogens is 286 g/mol. The van der Waals surface area contributed by atoms with Crippen molar-refractivity contribution in [1.29, 1.82) is 0 Å². The van der Waals surface area contributed by atoms with Crippen LogP contribution in [0.15, 0.2) is 29.2 Å². The monoisotopic (exact) mass is 301 g/mol. The zero-order valence-electron chi connectivity index (χ0n) is 10.6. The number of rotatable bonds is 3. The summed E-state index contributed by atoms with van der Waals surface area (Å²) in [5.41, 5.74) is -0.770. The molecule has 0 saturated carbocycles. The van der Waals surface area contributed by atoms with Gasteiger partial charge in [0.15, 0.2) is 0 Å². The molecule has 1 aromatic carbocycles. The molecule has 3 N–H and O–H groups in total. The van der Waals surface area contributed by atoms with Crippen LogP contribution in [-0.4, -0.2) is 50.1 Å². The van der Waals surface area contributed by atoms with Gasteiger partial charge in [-0.3, -0.25) is 10.1 Å². The van der Waals surface area contributed by atoms with E-state index in [2.05, 4.69) is 0 Å². The first-order valence-corrected chi connectivity index (χ1v) is 6.89. The van der Waals surface area contributed by atoms with Crippen molar-refractivity contribution in [3.8, 4) is 0 Å². The first-order valence-electron chi connectivity index (χ1n) is 6.01. The fourth-order valence-electron chi connectivity index (χ4n) is 1.89. The molecule has 1 aromatic rings. The number of hydrogen-bond acceptors (Lipinski definition) is 7. The Kier molecular flexibility index (Phi) is 4.61. The van der Waals surface area contributed by atoms with Crippen molar-refractivity contribution in [1.82, 2.24) is 0 Å². The summed E-state index contributed by atoms with van der Waals surface area (Å²) in [6.07, 6.45) is -4.27. The molecule has 20 heavy (non-hydrogen) atoms. The molecule has 0 aliphatic carbocycles. The van der Waals surface area contributed by atoms with E-state index >= 15 is 0 Å². The highest BCUT2D eigenvalue weighted by Gasteiger charge is 2.42. The molecule has 0 spiro atoms. The Labute approximate surface area is 119 Å². The number of nitro groups is 1. The zero-order chi connectivity index (χ0) is 14.9. The number of thioether (sulfide) groups is 1. The van der Waals surface area contributed by atoms with Crippen molar-refractivity contribution < 1.29 is 25.0 Å². The minimum Gasteiger partial charge on any atom is -0.388 e. The molecule has 1 saturated heterocycles. The van der Waals surface area contributed by atoms with E-state index in [0.29, 0.717) is 4.90 Å². The molecule has 110 valence electrons. The molecular formula is C12H15NO6S. The van der Waals surface area contributed by atoms with Crippen LogP contribution in [0.2, 0.25) is 0 Å².